The molecule has 0 amide bonds. The van der Waals surface area contributed by atoms with Gasteiger partial charge in [-0.1, -0.05) is 6.92 Å². The van der Waals surface area contributed by atoms with Crippen LogP contribution >= 0.6 is 0 Å². The Kier molecular flexibility index (Phi) is 6.55. The third kappa shape index (κ3) is 5.97. The van der Waals surface area contributed by atoms with E-state index in [1.165, 1.54) is 24.3 Å². The predicted octanol–water partition coefficient (Wildman–Crippen LogP) is 5.01. The number of aromatic nitrogens is 3. The van der Waals surface area contributed by atoms with Crippen molar-refractivity contribution in [1.82, 2.24) is 15.0 Å². The molecule has 0 aliphatic rings. The van der Waals surface area contributed by atoms with Crippen LogP contribution in [0.2, 0.25) is 0 Å². The number of anilines is 3. The van der Waals surface area contributed by atoms with Crippen LogP contribution in [0, 0.1) is 0 Å². The minimum atomic E-state index is -4.74. The molecule has 30 heavy (non-hydrogen) atoms. The molecule has 0 atom stereocenters. The molecule has 0 aliphatic heterocycles. The lowest BCUT2D eigenvalue weighted by molar-refractivity contribution is -0.274. The van der Waals surface area contributed by atoms with E-state index in [1.54, 1.807) is 19.2 Å². The van der Waals surface area contributed by atoms with Crippen molar-refractivity contribution in [3.8, 4) is 22.9 Å². The number of nitrogens with one attached hydrogen (secondary N) is 2. The number of methoxy groups -OCH3 is 1. The van der Waals surface area contributed by atoms with Crippen LogP contribution in [0.15, 0.2) is 48.5 Å². The zero-order valence-corrected chi connectivity index (χ0v) is 16.3. The minimum absolute atomic E-state index is 0.249. The van der Waals surface area contributed by atoms with Gasteiger partial charge in [0.15, 0.2) is 5.82 Å². The number of halogens is 3. The highest BCUT2D eigenvalue weighted by Gasteiger charge is 2.30. The summed E-state index contributed by atoms with van der Waals surface area (Å²) in [6.07, 6.45) is -3.86. The lowest BCUT2D eigenvalue weighted by atomic mass is 10.2. The Bertz CT molecular complexity index is 964. The summed E-state index contributed by atoms with van der Waals surface area (Å²) in [6.45, 7) is 2.69. The summed E-state index contributed by atoms with van der Waals surface area (Å²) in [5.41, 5.74) is 1.26. The highest BCUT2D eigenvalue weighted by Crippen LogP contribution is 2.26. The van der Waals surface area contributed by atoms with Gasteiger partial charge >= 0.3 is 6.36 Å². The Labute approximate surface area is 171 Å². The van der Waals surface area contributed by atoms with E-state index in [0.717, 1.165) is 12.0 Å². The Morgan fingerprint density at radius 3 is 2.10 bits per heavy atom. The first-order valence-corrected chi connectivity index (χ1v) is 9.13. The van der Waals surface area contributed by atoms with Crippen LogP contribution in [-0.2, 0) is 0 Å². The summed E-state index contributed by atoms with van der Waals surface area (Å²) in [6, 6.07) is 12.5. The van der Waals surface area contributed by atoms with E-state index >= 15 is 0 Å². The van der Waals surface area contributed by atoms with Gasteiger partial charge in [-0.25, -0.2) is 0 Å². The molecule has 3 rings (SSSR count). The number of rotatable bonds is 8. The van der Waals surface area contributed by atoms with Crippen LogP contribution < -0.4 is 20.1 Å². The quantitative estimate of drug-likeness (QED) is 0.531. The minimum Gasteiger partial charge on any atom is -0.497 e. The standard InChI is InChI=1S/C20H20F3N5O2/c1-3-12-24-18-26-17(13-4-8-15(29-2)9-5-13)27-19(28-18)25-14-6-10-16(11-7-14)30-20(21,22)23/h4-11H,3,12H2,1-2H3,(H2,24,25,26,27,28). The van der Waals surface area contributed by atoms with E-state index < -0.39 is 6.36 Å². The number of ether oxygens (including phenoxy) is 2. The maximum absolute atomic E-state index is 12.3. The maximum Gasteiger partial charge on any atom is 0.573 e. The third-order valence-electron chi connectivity index (χ3n) is 3.86. The SMILES string of the molecule is CCCNc1nc(Nc2ccc(OC(F)(F)F)cc2)nc(-c2ccc(OC)cc2)n1. The number of benzene rings is 2. The van der Waals surface area contributed by atoms with Gasteiger partial charge in [0.25, 0.3) is 0 Å². The van der Waals surface area contributed by atoms with Gasteiger partial charge in [-0.05, 0) is 55.0 Å². The fraction of sp³-hybridized carbons (Fsp3) is 0.250. The van der Waals surface area contributed by atoms with Crippen molar-refractivity contribution in [2.75, 3.05) is 24.3 Å². The van der Waals surface area contributed by atoms with Crippen molar-refractivity contribution in [3.05, 3.63) is 48.5 Å². The van der Waals surface area contributed by atoms with Crippen molar-refractivity contribution < 1.29 is 22.6 Å². The number of alkyl halides is 3. The second kappa shape index (κ2) is 9.29. The summed E-state index contributed by atoms with van der Waals surface area (Å²) in [7, 11) is 1.58. The molecule has 2 N–H and O–H groups in total. The van der Waals surface area contributed by atoms with Crippen LogP contribution in [0.1, 0.15) is 13.3 Å². The van der Waals surface area contributed by atoms with Crippen molar-refractivity contribution in [3.63, 3.8) is 0 Å². The van der Waals surface area contributed by atoms with Crippen molar-refractivity contribution in [1.29, 1.82) is 0 Å². The molecular formula is C20H20F3N5O2. The topological polar surface area (TPSA) is 81.2 Å². The molecule has 0 saturated heterocycles. The Hall–Kier alpha value is -3.56. The van der Waals surface area contributed by atoms with Gasteiger partial charge in [-0.2, -0.15) is 15.0 Å². The van der Waals surface area contributed by atoms with E-state index in [1.807, 2.05) is 19.1 Å². The first-order valence-electron chi connectivity index (χ1n) is 9.13. The molecule has 158 valence electrons. The zero-order chi connectivity index (χ0) is 21.6. The van der Waals surface area contributed by atoms with E-state index in [9.17, 15) is 13.2 Å². The monoisotopic (exact) mass is 419 g/mol. The fourth-order valence-corrected chi connectivity index (χ4v) is 2.49. The maximum atomic E-state index is 12.3. The van der Waals surface area contributed by atoms with Crippen LogP contribution in [0.25, 0.3) is 11.4 Å². The highest BCUT2D eigenvalue weighted by molar-refractivity contribution is 5.62. The van der Waals surface area contributed by atoms with Gasteiger partial charge in [0, 0.05) is 17.8 Å². The van der Waals surface area contributed by atoms with E-state index in [2.05, 4.69) is 30.3 Å². The van der Waals surface area contributed by atoms with Gasteiger partial charge in [0.05, 0.1) is 7.11 Å². The predicted molar refractivity (Wildman–Crippen MR) is 107 cm³/mol. The molecule has 1 aromatic heterocycles. The largest absolute Gasteiger partial charge is 0.573 e. The summed E-state index contributed by atoms with van der Waals surface area (Å²) in [5.74, 6) is 1.46. The van der Waals surface area contributed by atoms with Crippen molar-refractivity contribution >= 4 is 17.6 Å². The Morgan fingerprint density at radius 1 is 0.867 bits per heavy atom. The van der Waals surface area contributed by atoms with E-state index in [0.29, 0.717) is 29.8 Å². The van der Waals surface area contributed by atoms with E-state index in [-0.39, 0.29) is 11.7 Å². The first kappa shape index (κ1) is 21.2. The van der Waals surface area contributed by atoms with Crippen molar-refractivity contribution in [2.24, 2.45) is 0 Å². The average Bonchev–Trinajstić information content (AvgIpc) is 2.72. The van der Waals surface area contributed by atoms with E-state index in [4.69, 9.17) is 4.74 Å². The molecule has 7 nitrogen and oxygen atoms in total. The molecule has 0 unspecified atom stereocenters. The molecular weight excluding hydrogens is 399 g/mol. The second-order valence-electron chi connectivity index (χ2n) is 6.16. The summed E-state index contributed by atoms with van der Waals surface area (Å²) < 4.78 is 46.0. The van der Waals surface area contributed by atoms with Crippen molar-refractivity contribution in [2.45, 2.75) is 19.7 Å². The summed E-state index contributed by atoms with van der Waals surface area (Å²) in [4.78, 5) is 13.2. The Morgan fingerprint density at radius 2 is 1.50 bits per heavy atom. The number of hydrogen-bond acceptors (Lipinski definition) is 7. The normalized spacial score (nSPS) is 11.1. The average molecular weight is 419 g/mol. The number of hydrogen-bond donors (Lipinski definition) is 2. The third-order valence-corrected chi connectivity index (χ3v) is 3.86. The first-order chi connectivity index (χ1) is 14.4. The molecule has 1 heterocycles. The zero-order valence-electron chi connectivity index (χ0n) is 16.3. The van der Waals surface area contributed by atoms with Gasteiger partial charge in [-0.15, -0.1) is 13.2 Å². The molecule has 0 spiro atoms. The molecule has 3 aromatic rings. The van der Waals surface area contributed by atoms with Crippen LogP contribution in [0.3, 0.4) is 0 Å². The fourth-order valence-electron chi connectivity index (χ4n) is 2.49. The Balaban J connectivity index is 1.85. The van der Waals surface area contributed by atoms with Crippen LogP contribution in [0.4, 0.5) is 30.8 Å². The molecule has 10 heteroatoms. The van der Waals surface area contributed by atoms with Gasteiger partial charge in [-0.3, -0.25) is 0 Å². The lowest BCUT2D eigenvalue weighted by Gasteiger charge is -2.12. The highest BCUT2D eigenvalue weighted by atomic mass is 19.4. The molecule has 0 radical (unpaired) electrons. The smallest absolute Gasteiger partial charge is 0.497 e. The molecule has 0 aliphatic carbocycles. The van der Waals surface area contributed by atoms with Gasteiger partial charge < -0.3 is 20.1 Å². The molecule has 2 aromatic carbocycles. The molecule has 0 bridgehead atoms. The van der Waals surface area contributed by atoms with Crippen LogP contribution in [-0.4, -0.2) is 35.0 Å². The molecule has 0 fully saturated rings. The van der Waals surface area contributed by atoms with Gasteiger partial charge in [0.1, 0.15) is 11.5 Å². The summed E-state index contributed by atoms with van der Waals surface area (Å²) >= 11 is 0. The number of nitrogens with zero attached hydrogens (tertiary/aromatic N) is 3. The summed E-state index contributed by atoms with van der Waals surface area (Å²) in [5, 5.41) is 6.10. The molecule has 0 saturated carbocycles. The van der Waals surface area contributed by atoms with Crippen LogP contribution in [0.5, 0.6) is 11.5 Å². The lowest BCUT2D eigenvalue weighted by Crippen LogP contribution is -2.17. The van der Waals surface area contributed by atoms with Gasteiger partial charge in [0.2, 0.25) is 11.9 Å². The second-order valence-corrected chi connectivity index (χ2v) is 6.16.